The van der Waals surface area contributed by atoms with Gasteiger partial charge in [0.25, 0.3) is 0 Å². The molecule has 110 valence electrons. The monoisotopic (exact) mass is 347 g/mol. The first-order chi connectivity index (χ1) is 10.2. The molecule has 0 aliphatic heterocycles. The summed E-state index contributed by atoms with van der Waals surface area (Å²) < 4.78 is 9.06. The third kappa shape index (κ3) is 2.63. The Hall–Kier alpha value is -1.59. The van der Waals surface area contributed by atoms with E-state index in [0.29, 0.717) is 0 Å². The summed E-state index contributed by atoms with van der Waals surface area (Å²) in [5.41, 5.74) is 2.00. The summed E-state index contributed by atoms with van der Waals surface area (Å²) in [5.74, 6) is 0.900. The summed E-state index contributed by atoms with van der Waals surface area (Å²) in [6, 6.07) is 10.2. The van der Waals surface area contributed by atoms with E-state index in [1.165, 1.54) is 0 Å². The number of fused-ring (bicyclic) bond motifs is 1. The summed E-state index contributed by atoms with van der Waals surface area (Å²) in [4.78, 5) is 0. The number of nitrogens with zero attached hydrogens (tertiary/aromatic N) is 2. The number of aromatic nitrogens is 2. The largest absolute Gasteiger partial charge is 0.458 e. The van der Waals surface area contributed by atoms with Crippen molar-refractivity contribution in [2.24, 2.45) is 0 Å². The lowest BCUT2D eigenvalue weighted by Gasteiger charge is -2.15. The fourth-order valence-corrected chi connectivity index (χ4v) is 3.07. The lowest BCUT2D eigenvalue weighted by molar-refractivity contribution is 0.458. The molecule has 0 radical (unpaired) electrons. The van der Waals surface area contributed by atoms with Crippen molar-refractivity contribution in [3.8, 4) is 0 Å². The molecule has 1 unspecified atom stereocenters. The maximum Gasteiger partial charge on any atom is 0.148 e. The van der Waals surface area contributed by atoms with Crippen molar-refractivity contribution in [2.75, 3.05) is 7.05 Å². The first-order valence-corrected chi connectivity index (χ1v) is 7.90. The Morgan fingerprint density at radius 2 is 2.24 bits per heavy atom. The van der Waals surface area contributed by atoms with Crippen molar-refractivity contribution < 1.29 is 4.42 Å². The Bertz CT molecular complexity index is 747. The molecule has 0 saturated heterocycles. The Morgan fingerprint density at radius 1 is 1.38 bits per heavy atom. The predicted molar refractivity (Wildman–Crippen MR) is 87.3 cm³/mol. The minimum atomic E-state index is -0.00153. The maximum absolute atomic E-state index is 6.06. The number of para-hydroxylation sites is 1. The Morgan fingerprint density at radius 3 is 2.95 bits per heavy atom. The van der Waals surface area contributed by atoms with Crippen molar-refractivity contribution >= 4 is 26.9 Å². The van der Waals surface area contributed by atoms with Crippen LogP contribution in [0.5, 0.6) is 0 Å². The second-order valence-electron chi connectivity index (χ2n) is 5.01. The number of benzene rings is 1. The van der Waals surface area contributed by atoms with E-state index in [1.54, 1.807) is 0 Å². The normalized spacial score (nSPS) is 12.9. The molecule has 0 bridgehead atoms. The van der Waals surface area contributed by atoms with E-state index in [-0.39, 0.29) is 6.04 Å². The highest BCUT2D eigenvalue weighted by Crippen LogP contribution is 2.32. The zero-order chi connectivity index (χ0) is 14.8. The van der Waals surface area contributed by atoms with Crippen LogP contribution in [0.15, 0.2) is 45.4 Å². The van der Waals surface area contributed by atoms with Crippen molar-refractivity contribution in [1.29, 1.82) is 0 Å². The Balaban J connectivity index is 2.05. The molecule has 2 heterocycles. The lowest BCUT2D eigenvalue weighted by atomic mass is 10.1. The Kier molecular flexibility index (Phi) is 4.12. The van der Waals surface area contributed by atoms with Crippen molar-refractivity contribution in [1.82, 2.24) is 15.1 Å². The predicted octanol–water partition coefficient (Wildman–Crippen LogP) is 4.11. The molecule has 2 aromatic heterocycles. The SMILES string of the molecule is CCCn1nccc1C(NC)c1cc2cccc(Br)c2o1. The van der Waals surface area contributed by atoms with Gasteiger partial charge in [-0.05, 0) is 47.6 Å². The first-order valence-electron chi connectivity index (χ1n) is 7.11. The number of halogens is 1. The lowest BCUT2D eigenvalue weighted by Crippen LogP contribution is -2.21. The quantitative estimate of drug-likeness (QED) is 0.755. The second kappa shape index (κ2) is 6.03. The molecule has 1 aromatic carbocycles. The van der Waals surface area contributed by atoms with Crippen LogP contribution >= 0.6 is 15.9 Å². The summed E-state index contributed by atoms with van der Waals surface area (Å²) in [5, 5.41) is 8.83. The number of hydrogen-bond acceptors (Lipinski definition) is 3. The Labute approximate surface area is 132 Å². The summed E-state index contributed by atoms with van der Waals surface area (Å²) in [6.45, 7) is 3.06. The van der Waals surface area contributed by atoms with E-state index in [1.807, 2.05) is 36.1 Å². The highest BCUT2D eigenvalue weighted by molar-refractivity contribution is 9.10. The average Bonchev–Trinajstić information content (AvgIpc) is 3.09. The maximum atomic E-state index is 6.06. The minimum Gasteiger partial charge on any atom is -0.458 e. The molecule has 0 amide bonds. The van der Waals surface area contributed by atoms with Gasteiger partial charge < -0.3 is 9.73 Å². The fraction of sp³-hybridized carbons (Fsp3) is 0.312. The molecule has 0 spiro atoms. The van der Waals surface area contributed by atoms with Crippen molar-refractivity contribution in [3.63, 3.8) is 0 Å². The summed E-state index contributed by atoms with van der Waals surface area (Å²) in [7, 11) is 1.94. The van der Waals surface area contributed by atoms with Gasteiger partial charge in [0.15, 0.2) is 0 Å². The van der Waals surface area contributed by atoms with Crippen LogP contribution in [0, 0.1) is 0 Å². The van der Waals surface area contributed by atoms with Crippen LogP contribution in [-0.4, -0.2) is 16.8 Å². The van der Waals surface area contributed by atoms with Crippen LogP contribution in [0.2, 0.25) is 0 Å². The van der Waals surface area contributed by atoms with Crippen LogP contribution in [0.3, 0.4) is 0 Å². The van der Waals surface area contributed by atoms with Gasteiger partial charge in [-0.2, -0.15) is 5.10 Å². The zero-order valence-electron chi connectivity index (χ0n) is 12.1. The highest BCUT2D eigenvalue weighted by atomic mass is 79.9. The number of aryl methyl sites for hydroxylation is 1. The average molecular weight is 348 g/mol. The van der Waals surface area contributed by atoms with Gasteiger partial charge in [-0.25, -0.2) is 0 Å². The summed E-state index contributed by atoms with van der Waals surface area (Å²) >= 11 is 3.54. The van der Waals surface area contributed by atoms with E-state index >= 15 is 0 Å². The van der Waals surface area contributed by atoms with Crippen molar-refractivity contribution in [3.05, 3.63) is 52.5 Å². The van der Waals surface area contributed by atoms with Crippen LogP contribution in [0.4, 0.5) is 0 Å². The third-order valence-electron chi connectivity index (χ3n) is 3.57. The number of nitrogens with one attached hydrogen (secondary N) is 1. The molecule has 0 aliphatic rings. The zero-order valence-corrected chi connectivity index (χ0v) is 13.7. The smallest absolute Gasteiger partial charge is 0.148 e. The molecule has 5 heteroatoms. The molecule has 1 atom stereocenters. The second-order valence-corrected chi connectivity index (χ2v) is 5.86. The fourth-order valence-electron chi connectivity index (χ4n) is 2.61. The van der Waals surface area contributed by atoms with Gasteiger partial charge in [0.1, 0.15) is 17.4 Å². The molecular weight excluding hydrogens is 330 g/mol. The first kappa shape index (κ1) is 14.4. The standard InChI is InChI=1S/C16H18BrN3O/c1-3-9-20-13(7-8-19-20)15(18-2)14-10-11-5-4-6-12(17)16(11)21-14/h4-8,10,15,18H,3,9H2,1-2H3. The van der Waals surface area contributed by atoms with Crippen molar-refractivity contribution in [2.45, 2.75) is 25.9 Å². The van der Waals surface area contributed by atoms with E-state index < -0.39 is 0 Å². The van der Waals surface area contributed by atoms with E-state index in [4.69, 9.17) is 4.42 Å². The molecule has 21 heavy (non-hydrogen) atoms. The van der Waals surface area contributed by atoms with Crippen LogP contribution in [0.25, 0.3) is 11.0 Å². The van der Waals surface area contributed by atoms with E-state index in [0.717, 1.165) is 39.9 Å². The molecule has 0 aliphatic carbocycles. The van der Waals surface area contributed by atoms with E-state index in [2.05, 4.69) is 45.4 Å². The highest BCUT2D eigenvalue weighted by Gasteiger charge is 2.21. The van der Waals surface area contributed by atoms with Crippen LogP contribution < -0.4 is 5.32 Å². The number of rotatable bonds is 5. The van der Waals surface area contributed by atoms with Gasteiger partial charge in [-0.1, -0.05) is 19.1 Å². The minimum absolute atomic E-state index is 0.00153. The van der Waals surface area contributed by atoms with E-state index in [9.17, 15) is 0 Å². The van der Waals surface area contributed by atoms with Gasteiger partial charge in [0.05, 0.1) is 10.2 Å². The molecule has 4 nitrogen and oxygen atoms in total. The van der Waals surface area contributed by atoms with Crippen LogP contribution in [0.1, 0.15) is 30.8 Å². The van der Waals surface area contributed by atoms with Gasteiger partial charge in [0, 0.05) is 18.1 Å². The van der Waals surface area contributed by atoms with Crippen LogP contribution in [-0.2, 0) is 6.54 Å². The van der Waals surface area contributed by atoms with Gasteiger partial charge in [-0.3, -0.25) is 4.68 Å². The molecule has 3 rings (SSSR count). The molecule has 0 saturated carbocycles. The van der Waals surface area contributed by atoms with Gasteiger partial charge >= 0.3 is 0 Å². The molecule has 0 fully saturated rings. The molecule has 3 aromatic rings. The third-order valence-corrected chi connectivity index (χ3v) is 4.19. The molecule has 1 N–H and O–H groups in total. The molecular formula is C16H18BrN3O. The summed E-state index contributed by atoms with van der Waals surface area (Å²) in [6.07, 6.45) is 2.89. The van der Waals surface area contributed by atoms with Gasteiger partial charge in [0.2, 0.25) is 0 Å². The number of hydrogen-bond donors (Lipinski definition) is 1. The number of furan rings is 1. The van der Waals surface area contributed by atoms with Gasteiger partial charge in [-0.15, -0.1) is 0 Å². The topological polar surface area (TPSA) is 43.0 Å².